The molecule has 0 radical (unpaired) electrons. The third-order valence-corrected chi connectivity index (χ3v) is 7.85. The number of amides is 1. The lowest BCUT2D eigenvalue weighted by atomic mass is 10.1. The van der Waals surface area contributed by atoms with E-state index in [2.05, 4.69) is 17.1 Å². The summed E-state index contributed by atoms with van der Waals surface area (Å²) in [5, 5.41) is 3.05. The highest BCUT2D eigenvalue weighted by atomic mass is 32.2. The van der Waals surface area contributed by atoms with Gasteiger partial charge in [0.15, 0.2) is 0 Å². The number of carbonyl (C=O) groups excluding carboxylic acids is 1. The predicted octanol–water partition coefficient (Wildman–Crippen LogP) is 2.64. The van der Waals surface area contributed by atoms with Crippen LogP contribution in [-0.2, 0) is 21.2 Å². The minimum Gasteiger partial charge on any atom is -0.356 e. The third kappa shape index (κ3) is 6.52. The van der Waals surface area contributed by atoms with E-state index in [1.54, 1.807) is 16.4 Å². The van der Waals surface area contributed by atoms with Gasteiger partial charge < -0.3 is 10.2 Å². The average molecular weight is 422 g/mol. The second kappa shape index (κ2) is 10.5. The number of nitrogens with zero attached hydrogens (tertiary/aromatic N) is 2. The monoisotopic (exact) mass is 421 g/mol. The summed E-state index contributed by atoms with van der Waals surface area (Å²) in [6, 6.07) is 6.99. The van der Waals surface area contributed by atoms with Crippen molar-refractivity contribution in [2.45, 2.75) is 56.8 Å². The van der Waals surface area contributed by atoms with Gasteiger partial charge in [-0.15, -0.1) is 0 Å². The van der Waals surface area contributed by atoms with Crippen molar-refractivity contribution in [1.82, 2.24) is 14.5 Å². The van der Waals surface area contributed by atoms with Gasteiger partial charge in [-0.2, -0.15) is 4.31 Å². The standard InChI is InChI=1S/C22H35N3O3S/c1-19(18-24-13-3-2-4-14-24)17-23-22(26)12-9-20-7-10-21(11-8-20)29(27,28)25-15-5-6-16-25/h7-8,10-11,19H,2-6,9,12-18H2,1H3,(H,23,26). The first kappa shape index (κ1) is 22.2. The number of rotatable bonds is 9. The molecule has 1 atom stereocenters. The zero-order chi connectivity index (χ0) is 20.7. The fourth-order valence-corrected chi connectivity index (χ4v) is 5.70. The zero-order valence-electron chi connectivity index (χ0n) is 17.6. The van der Waals surface area contributed by atoms with Crippen LogP contribution in [0.4, 0.5) is 0 Å². The van der Waals surface area contributed by atoms with Crippen LogP contribution in [0.5, 0.6) is 0 Å². The Balaban J connectivity index is 1.39. The Hall–Kier alpha value is -1.44. The van der Waals surface area contributed by atoms with Gasteiger partial charge in [-0.25, -0.2) is 8.42 Å². The quantitative estimate of drug-likeness (QED) is 0.666. The summed E-state index contributed by atoms with van der Waals surface area (Å²) >= 11 is 0. The highest BCUT2D eigenvalue weighted by Crippen LogP contribution is 2.21. The minimum atomic E-state index is -3.37. The van der Waals surface area contributed by atoms with Crippen LogP contribution in [0.2, 0.25) is 0 Å². The number of piperidine rings is 1. The molecule has 1 aromatic rings. The molecule has 29 heavy (non-hydrogen) atoms. The highest BCUT2D eigenvalue weighted by molar-refractivity contribution is 7.89. The minimum absolute atomic E-state index is 0.0595. The van der Waals surface area contributed by atoms with Crippen molar-refractivity contribution in [3.8, 4) is 0 Å². The van der Waals surface area contributed by atoms with Gasteiger partial charge in [0.25, 0.3) is 0 Å². The Labute approximate surface area is 175 Å². The lowest BCUT2D eigenvalue weighted by Gasteiger charge is -2.29. The number of sulfonamides is 1. The molecule has 2 aliphatic heterocycles. The van der Waals surface area contributed by atoms with E-state index >= 15 is 0 Å². The highest BCUT2D eigenvalue weighted by Gasteiger charge is 2.26. The molecule has 2 saturated heterocycles. The predicted molar refractivity (Wildman–Crippen MR) is 115 cm³/mol. The smallest absolute Gasteiger partial charge is 0.243 e. The van der Waals surface area contributed by atoms with Gasteiger partial charge in [0, 0.05) is 32.6 Å². The van der Waals surface area contributed by atoms with Crippen molar-refractivity contribution in [3.63, 3.8) is 0 Å². The van der Waals surface area contributed by atoms with Crippen LogP contribution >= 0.6 is 0 Å². The van der Waals surface area contributed by atoms with E-state index in [0.717, 1.165) is 24.9 Å². The second-order valence-electron chi connectivity index (χ2n) is 8.53. The molecule has 1 aromatic carbocycles. The first-order chi connectivity index (χ1) is 13.9. The second-order valence-corrected chi connectivity index (χ2v) is 10.5. The molecule has 7 heteroatoms. The Morgan fingerprint density at radius 3 is 2.28 bits per heavy atom. The number of hydrogen-bond donors (Lipinski definition) is 1. The molecule has 0 spiro atoms. The zero-order valence-corrected chi connectivity index (χ0v) is 18.4. The molecule has 2 fully saturated rings. The van der Waals surface area contributed by atoms with E-state index < -0.39 is 10.0 Å². The van der Waals surface area contributed by atoms with Crippen LogP contribution in [-0.4, -0.2) is 62.8 Å². The summed E-state index contributed by atoms with van der Waals surface area (Å²) in [5.41, 5.74) is 0.988. The van der Waals surface area contributed by atoms with Gasteiger partial charge in [-0.3, -0.25) is 4.79 Å². The van der Waals surface area contributed by atoms with Crippen molar-refractivity contribution >= 4 is 15.9 Å². The summed E-state index contributed by atoms with van der Waals surface area (Å²) in [7, 11) is -3.37. The van der Waals surface area contributed by atoms with E-state index in [9.17, 15) is 13.2 Å². The number of nitrogens with one attached hydrogen (secondary N) is 1. The van der Waals surface area contributed by atoms with Gasteiger partial charge >= 0.3 is 0 Å². The average Bonchev–Trinajstić information content (AvgIpc) is 3.28. The fourth-order valence-electron chi connectivity index (χ4n) is 4.19. The number of aryl methyl sites for hydroxylation is 1. The lowest BCUT2D eigenvalue weighted by Crippen LogP contribution is -2.38. The lowest BCUT2D eigenvalue weighted by molar-refractivity contribution is -0.121. The van der Waals surface area contributed by atoms with E-state index in [1.165, 1.54) is 32.4 Å². The van der Waals surface area contributed by atoms with Gasteiger partial charge in [0.05, 0.1) is 4.90 Å². The molecule has 1 N–H and O–H groups in total. The largest absolute Gasteiger partial charge is 0.356 e. The molecule has 0 saturated carbocycles. The van der Waals surface area contributed by atoms with Crippen LogP contribution < -0.4 is 5.32 Å². The van der Waals surface area contributed by atoms with E-state index in [0.29, 0.717) is 43.3 Å². The van der Waals surface area contributed by atoms with Crippen LogP contribution in [0.1, 0.15) is 51.0 Å². The number of benzene rings is 1. The summed E-state index contributed by atoms with van der Waals surface area (Å²) in [4.78, 5) is 15.0. The topological polar surface area (TPSA) is 69.7 Å². The molecule has 0 aliphatic carbocycles. The molecular weight excluding hydrogens is 386 g/mol. The van der Waals surface area contributed by atoms with Gasteiger partial charge in [-0.05, 0) is 68.8 Å². The Morgan fingerprint density at radius 2 is 1.62 bits per heavy atom. The first-order valence-corrected chi connectivity index (χ1v) is 12.5. The molecule has 1 amide bonds. The van der Waals surface area contributed by atoms with E-state index in [-0.39, 0.29) is 5.91 Å². The van der Waals surface area contributed by atoms with Crippen molar-refractivity contribution in [2.24, 2.45) is 5.92 Å². The van der Waals surface area contributed by atoms with Crippen LogP contribution in [0.25, 0.3) is 0 Å². The van der Waals surface area contributed by atoms with E-state index in [1.807, 2.05) is 12.1 Å². The van der Waals surface area contributed by atoms with Crippen LogP contribution in [0.3, 0.4) is 0 Å². The summed E-state index contributed by atoms with van der Waals surface area (Å²) in [6.45, 7) is 7.54. The molecule has 6 nitrogen and oxygen atoms in total. The first-order valence-electron chi connectivity index (χ1n) is 11.0. The number of carbonyl (C=O) groups is 1. The van der Waals surface area contributed by atoms with Crippen LogP contribution in [0, 0.1) is 5.92 Å². The molecule has 3 rings (SSSR count). The summed E-state index contributed by atoms with van der Waals surface area (Å²) in [5.74, 6) is 0.511. The Morgan fingerprint density at radius 1 is 1.00 bits per heavy atom. The van der Waals surface area contributed by atoms with Gasteiger partial charge in [-0.1, -0.05) is 25.5 Å². The maximum Gasteiger partial charge on any atom is 0.243 e. The summed E-state index contributed by atoms with van der Waals surface area (Å²) < 4.78 is 26.7. The van der Waals surface area contributed by atoms with Crippen molar-refractivity contribution in [1.29, 1.82) is 0 Å². The number of likely N-dealkylation sites (tertiary alicyclic amines) is 1. The molecule has 0 aromatic heterocycles. The molecular formula is C22H35N3O3S. The maximum absolute atomic E-state index is 12.6. The maximum atomic E-state index is 12.6. The molecule has 0 bridgehead atoms. The van der Waals surface area contributed by atoms with Gasteiger partial charge in [0.1, 0.15) is 0 Å². The van der Waals surface area contributed by atoms with Crippen molar-refractivity contribution in [3.05, 3.63) is 29.8 Å². The Bertz CT molecular complexity index is 752. The van der Waals surface area contributed by atoms with E-state index in [4.69, 9.17) is 0 Å². The molecule has 1 unspecified atom stereocenters. The summed E-state index contributed by atoms with van der Waals surface area (Å²) in [6.07, 6.45) is 6.83. The molecule has 162 valence electrons. The third-order valence-electron chi connectivity index (χ3n) is 5.93. The normalized spacial score (nSPS) is 19.9. The molecule has 2 heterocycles. The Kier molecular flexibility index (Phi) is 8.09. The van der Waals surface area contributed by atoms with Crippen molar-refractivity contribution < 1.29 is 13.2 Å². The number of hydrogen-bond acceptors (Lipinski definition) is 4. The fraction of sp³-hybridized carbons (Fsp3) is 0.682. The van der Waals surface area contributed by atoms with Crippen LogP contribution in [0.15, 0.2) is 29.2 Å². The SMILES string of the molecule is CC(CNC(=O)CCc1ccc(S(=O)(=O)N2CCCC2)cc1)CN1CCCCC1. The van der Waals surface area contributed by atoms with Gasteiger partial charge in [0.2, 0.25) is 15.9 Å². The molecule has 2 aliphatic rings. The van der Waals surface area contributed by atoms with Crippen molar-refractivity contribution in [2.75, 3.05) is 39.3 Å².